The highest BCUT2D eigenvalue weighted by Crippen LogP contribution is 2.28. The van der Waals surface area contributed by atoms with Crippen LogP contribution in [0.15, 0.2) is 60.7 Å². The van der Waals surface area contributed by atoms with Crippen molar-refractivity contribution in [2.24, 2.45) is 0 Å². The average Bonchev–Trinajstić information content (AvgIpc) is 3.10. The van der Waals surface area contributed by atoms with E-state index >= 15 is 0 Å². The van der Waals surface area contributed by atoms with Crippen LogP contribution < -0.4 is 10.1 Å². The first-order valence-corrected chi connectivity index (χ1v) is 9.26. The van der Waals surface area contributed by atoms with Gasteiger partial charge in [-0.2, -0.15) is 0 Å². The molecule has 0 aliphatic rings. The third kappa shape index (κ3) is 4.69. The van der Waals surface area contributed by atoms with Crippen molar-refractivity contribution in [3.05, 3.63) is 76.7 Å². The summed E-state index contributed by atoms with van der Waals surface area (Å²) in [5.41, 5.74) is 4.95. The van der Waals surface area contributed by atoms with Gasteiger partial charge < -0.3 is 15.2 Å². The number of aliphatic hydroxyl groups is 1. The van der Waals surface area contributed by atoms with E-state index in [2.05, 4.69) is 60.8 Å². The number of aliphatic hydroxyl groups excluding tert-OH is 1. The Kier molecular flexibility index (Phi) is 6.23. The monoisotopic (exact) mass is 353 g/mol. The Balaban J connectivity index is 1.66. The third-order valence-corrected chi connectivity index (χ3v) is 5.12. The Morgan fingerprint density at radius 1 is 1.00 bits per heavy atom. The lowest BCUT2D eigenvalue weighted by Gasteiger charge is -2.12. The lowest BCUT2D eigenvalue weighted by molar-refractivity contribution is 0.292. The Bertz CT molecular complexity index is 799. The highest BCUT2D eigenvalue weighted by atomic mass is 32.1. The Morgan fingerprint density at radius 3 is 2.64 bits per heavy atom. The SMILES string of the molecule is Cc1c(COc2ccc(CNCCO)s2)cccc1-c1ccccc1. The fourth-order valence-corrected chi connectivity index (χ4v) is 3.56. The molecule has 0 saturated carbocycles. The minimum absolute atomic E-state index is 0.158. The van der Waals surface area contributed by atoms with Crippen LogP contribution in [0, 0.1) is 6.92 Å². The molecular formula is C21H23NO2S. The molecule has 3 aromatic rings. The molecule has 0 aliphatic heterocycles. The molecule has 0 aliphatic carbocycles. The van der Waals surface area contributed by atoms with Gasteiger partial charge in [-0.15, -0.1) is 11.3 Å². The zero-order chi connectivity index (χ0) is 17.5. The summed E-state index contributed by atoms with van der Waals surface area (Å²) in [6.07, 6.45) is 0. The number of ether oxygens (including phenoxy) is 1. The van der Waals surface area contributed by atoms with E-state index in [9.17, 15) is 0 Å². The van der Waals surface area contributed by atoms with E-state index in [-0.39, 0.29) is 6.61 Å². The van der Waals surface area contributed by atoms with Crippen LogP contribution in [-0.4, -0.2) is 18.3 Å². The van der Waals surface area contributed by atoms with Crippen LogP contribution in [-0.2, 0) is 13.2 Å². The summed E-state index contributed by atoms with van der Waals surface area (Å²) in [6.45, 7) is 4.25. The first-order valence-electron chi connectivity index (χ1n) is 8.45. The molecule has 0 unspecified atom stereocenters. The van der Waals surface area contributed by atoms with Crippen molar-refractivity contribution in [1.82, 2.24) is 5.32 Å². The molecule has 1 heterocycles. The summed E-state index contributed by atoms with van der Waals surface area (Å²) >= 11 is 1.64. The molecule has 0 spiro atoms. The van der Waals surface area contributed by atoms with Gasteiger partial charge in [0.05, 0.1) is 6.61 Å². The average molecular weight is 353 g/mol. The van der Waals surface area contributed by atoms with Gasteiger partial charge in [0.2, 0.25) is 0 Å². The highest BCUT2D eigenvalue weighted by molar-refractivity contribution is 7.13. The van der Waals surface area contributed by atoms with Crippen molar-refractivity contribution in [1.29, 1.82) is 0 Å². The second-order valence-electron chi connectivity index (χ2n) is 5.87. The van der Waals surface area contributed by atoms with Gasteiger partial charge in [-0.05, 0) is 41.3 Å². The second-order valence-corrected chi connectivity index (χ2v) is 7.00. The molecule has 130 valence electrons. The molecule has 0 radical (unpaired) electrons. The predicted octanol–water partition coefficient (Wildman–Crippen LogP) is 4.38. The van der Waals surface area contributed by atoms with Crippen LogP contribution in [0.3, 0.4) is 0 Å². The molecule has 0 bridgehead atoms. The van der Waals surface area contributed by atoms with Crippen LogP contribution in [0.25, 0.3) is 11.1 Å². The molecular weight excluding hydrogens is 330 g/mol. The molecule has 2 aromatic carbocycles. The third-order valence-electron chi connectivity index (χ3n) is 4.13. The lowest BCUT2D eigenvalue weighted by Crippen LogP contribution is -2.16. The van der Waals surface area contributed by atoms with Crippen molar-refractivity contribution in [3.8, 4) is 16.2 Å². The van der Waals surface area contributed by atoms with Gasteiger partial charge >= 0.3 is 0 Å². The minimum atomic E-state index is 0.158. The zero-order valence-electron chi connectivity index (χ0n) is 14.4. The molecule has 3 rings (SSSR count). The number of hydrogen-bond acceptors (Lipinski definition) is 4. The molecule has 3 nitrogen and oxygen atoms in total. The highest BCUT2D eigenvalue weighted by Gasteiger charge is 2.07. The summed E-state index contributed by atoms with van der Waals surface area (Å²) in [5.74, 6) is 0. The van der Waals surface area contributed by atoms with Gasteiger partial charge in [-0.1, -0.05) is 48.5 Å². The Labute approximate surface area is 152 Å². The fraction of sp³-hybridized carbons (Fsp3) is 0.238. The van der Waals surface area contributed by atoms with Crippen molar-refractivity contribution >= 4 is 11.3 Å². The van der Waals surface area contributed by atoms with Crippen molar-refractivity contribution in [2.45, 2.75) is 20.1 Å². The van der Waals surface area contributed by atoms with E-state index in [1.807, 2.05) is 12.1 Å². The summed E-state index contributed by atoms with van der Waals surface area (Å²) in [4.78, 5) is 1.21. The maximum atomic E-state index is 8.81. The van der Waals surface area contributed by atoms with E-state index in [4.69, 9.17) is 9.84 Å². The standard InChI is InChI=1S/C21H23NO2S/c1-16-18(8-5-9-20(16)17-6-3-2-4-7-17)15-24-21-11-10-19(25-21)14-22-12-13-23/h2-11,22-23H,12-15H2,1H3. The molecule has 0 fully saturated rings. The van der Waals surface area contributed by atoms with E-state index in [0.29, 0.717) is 13.2 Å². The van der Waals surface area contributed by atoms with Gasteiger partial charge in [-0.3, -0.25) is 0 Å². The van der Waals surface area contributed by atoms with E-state index < -0.39 is 0 Å². The van der Waals surface area contributed by atoms with Crippen molar-refractivity contribution < 1.29 is 9.84 Å². The molecule has 25 heavy (non-hydrogen) atoms. The van der Waals surface area contributed by atoms with Gasteiger partial charge in [-0.25, -0.2) is 0 Å². The molecule has 1 aromatic heterocycles. The van der Waals surface area contributed by atoms with Crippen LogP contribution in [0.2, 0.25) is 0 Å². The maximum absolute atomic E-state index is 8.81. The first-order chi connectivity index (χ1) is 12.3. The van der Waals surface area contributed by atoms with Crippen LogP contribution in [0.5, 0.6) is 5.06 Å². The predicted molar refractivity (Wildman–Crippen MR) is 104 cm³/mol. The fourth-order valence-electron chi connectivity index (χ4n) is 2.74. The van der Waals surface area contributed by atoms with Crippen LogP contribution >= 0.6 is 11.3 Å². The van der Waals surface area contributed by atoms with E-state index in [1.54, 1.807) is 11.3 Å². The second kappa shape index (κ2) is 8.81. The van der Waals surface area contributed by atoms with Gasteiger partial charge in [0, 0.05) is 18.0 Å². The van der Waals surface area contributed by atoms with Crippen molar-refractivity contribution in [3.63, 3.8) is 0 Å². The summed E-state index contributed by atoms with van der Waals surface area (Å²) in [7, 11) is 0. The van der Waals surface area contributed by atoms with Gasteiger partial charge in [0.15, 0.2) is 5.06 Å². The first kappa shape index (κ1) is 17.7. The number of rotatable bonds is 8. The normalized spacial score (nSPS) is 10.8. The number of thiophene rings is 1. The van der Waals surface area contributed by atoms with Gasteiger partial charge in [0.1, 0.15) is 6.61 Å². The topological polar surface area (TPSA) is 41.5 Å². The number of nitrogens with one attached hydrogen (secondary N) is 1. The summed E-state index contributed by atoms with van der Waals surface area (Å²) in [5, 5.41) is 12.9. The molecule has 4 heteroatoms. The van der Waals surface area contributed by atoms with Crippen LogP contribution in [0.1, 0.15) is 16.0 Å². The van der Waals surface area contributed by atoms with Crippen LogP contribution in [0.4, 0.5) is 0 Å². The zero-order valence-corrected chi connectivity index (χ0v) is 15.2. The molecule has 2 N–H and O–H groups in total. The van der Waals surface area contributed by atoms with E-state index in [0.717, 1.165) is 11.6 Å². The van der Waals surface area contributed by atoms with Gasteiger partial charge in [0.25, 0.3) is 0 Å². The summed E-state index contributed by atoms with van der Waals surface area (Å²) < 4.78 is 5.99. The Hall–Kier alpha value is -2.14. The maximum Gasteiger partial charge on any atom is 0.174 e. The lowest BCUT2D eigenvalue weighted by atomic mass is 9.97. The van der Waals surface area contributed by atoms with E-state index in [1.165, 1.54) is 27.1 Å². The smallest absolute Gasteiger partial charge is 0.174 e. The largest absolute Gasteiger partial charge is 0.479 e. The molecule has 0 amide bonds. The number of benzene rings is 2. The summed E-state index contributed by atoms with van der Waals surface area (Å²) in [6, 6.07) is 20.9. The van der Waals surface area contributed by atoms with Crippen molar-refractivity contribution in [2.75, 3.05) is 13.2 Å². The minimum Gasteiger partial charge on any atom is -0.479 e. The number of hydrogen-bond donors (Lipinski definition) is 2. The quantitative estimate of drug-likeness (QED) is 0.590. The molecule has 0 atom stereocenters. The Morgan fingerprint density at radius 2 is 1.84 bits per heavy atom. The molecule has 0 saturated heterocycles.